The topological polar surface area (TPSA) is 9.86 Å². The minimum Gasteiger partial charge on any atom is -0.309 e. The highest BCUT2D eigenvalue weighted by Gasteiger charge is 2.20. The molecule has 0 aliphatic carbocycles. The highest BCUT2D eigenvalue weighted by Crippen LogP contribution is 2.44. The Morgan fingerprint density at radius 2 is 0.741 bits per heavy atom. The number of hydrogen-bond acceptors (Lipinski definition) is 0. The highest BCUT2D eigenvalue weighted by molar-refractivity contribution is 6.28. The second-order valence-corrected chi connectivity index (χ2v) is 14.5. The van der Waals surface area contributed by atoms with Crippen LogP contribution in [0.1, 0.15) is 0 Å². The molecule has 2 nitrogen and oxygen atoms in total. The quantitative estimate of drug-likeness (QED) is 0.163. The molecular formula is C52H32N2. The summed E-state index contributed by atoms with van der Waals surface area (Å²) in [6, 6.07) is 71.5. The van der Waals surface area contributed by atoms with Crippen molar-refractivity contribution < 1.29 is 0 Å². The summed E-state index contributed by atoms with van der Waals surface area (Å²) in [4.78, 5) is 0. The van der Waals surface area contributed by atoms with E-state index in [1.807, 2.05) is 0 Å². The first-order valence-corrected chi connectivity index (χ1v) is 18.7. The third-order valence-electron chi connectivity index (χ3n) is 11.6. The number of aromatic nitrogens is 2. The molecule has 12 rings (SSSR count). The fourth-order valence-corrected chi connectivity index (χ4v) is 9.28. The van der Waals surface area contributed by atoms with Crippen LogP contribution in [-0.4, -0.2) is 9.13 Å². The van der Waals surface area contributed by atoms with Gasteiger partial charge in [0.05, 0.1) is 22.1 Å². The zero-order chi connectivity index (χ0) is 35.3. The van der Waals surface area contributed by atoms with Crippen LogP contribution in [0.25, 0.3) is 110 Å². The van der Waals surface area contributed by atoms with Crippen LogP contribution < -0.4 is 0 Å². The smallest absolute Gasteiger partial charge is 0.0562 e. The van der Waals surface area contributed by atoms with Gasteiger partial charge in [-0.15, -0.1) is 0 Å². The lowest BCUT2D eigenvalue weighted by molar-refractivity contribution is 1.16. The first-order chi connectivity index (χ1) is 26.8. The molecule has 0 N–H and O–H groups in total. The van der Waals surface area contributed by atoms with Gasteiger partial charge in [0.25, 0.3) is 0 Å². The summed E-state index contributed by atoms with van der Waals surface area (Å²) in [6.07, 6.45) is 0. The Hall–Kier alpha value is -7.16. The monoisotopic (exact) mass is 684 g/mol. The van der Waals surface area contributed by atoms with Gasteiger partial charge in [-0.05, 0) is 109 Å². The maximum Gasteiger partial charge on any atom is 0.0562 e. The van der Waals surface area contributed by atoms with Gasteiger partial charge in [0.15, 0.2) is 0 Å². The molecule has 10 aromatic carbocycles. The standard InChI is InChI=1S/C52H32N2/c1-4-12-33(13-5-1)39-25-20-34-23-28-43-40(26-21-35-22-27-42(39)51(34)52(35)43)36-24-29-48-44(30-36)46-31-45-41-18-10-11-19-47(41)53(37-14-6-2-7-15-37)49(45)32-50(46)54(48)38-16-8-3-9-17-38/h1-32H. The Morgan fingerprint density at radius 1 is 0.259 bits per heavy atom. The molecule has 0 fully saturated rings. The van der Waals surface area contributed by atoms with E-state index in [2.05, 4.69) is 203 Å². The molecular weight excluding hydrogens is 653 g/mol. The highest BCUT2D eigenvalue weighted by atomic mass is 15.0. The van der Waals surface area contributed by atoms with E-state index in [9.17, 15) is 0 Å². The Labute approximate surface area is 311 Å². The number of hydrogen-bond donors (Lipinski definition) is 0. The van der Waals surface area contributed by atoms with Crippen molar-refractivity contribution in [2.45, 2.75) is 0 Å². The predicted molar refractivity (Wildman–Crippen MR) is 230 cm³/mol. The van der Waals surface area contributed by atoms with Gasteiger partial charge < -0.3 is 9.13 Å². The van der Waals surface area contributed by atoms with Gasteiger partial charge in [-0.25, -0.2) is 0 Å². The molecule has 0 radical (unpaired) electrons. The Kier molecular flexibility index (Phi) is 6.09. The predicted octanol–water partition coefficient (Wildman–Crippen LogP) is 14.1. The van der Waals surface area contributed by atoms with Crippen LogP contribution in [-0.2, 0) is 0 Å². The SMILES string of the molecule is c1ccc(-c2ccc3ccc4c(-c5ccc6c(c5)c5cc7c8ccccc8n(-c8ccccc8)c7cc5n6-c5ccccc5)ccc5ccc2c3c54)cc1. The molecule has 12 aromatic rings. The lowest BCUT2D eigenvalue weighted by Gasteiger charge is -2.16. The number of benzene rings is 10. The van der Waals surface area contributed by atoms with Crippen LogP contribution in [0, 0.1) is 0 Å². The summed E-state index contributed by atoms with van der Waals surface area (Å²) in [5.41, 5.74) is 12.1. The Balaban J connectivity index is 1.15. The van der Waals surface area contributed by atoms with Crippen LogP contribution in [0.5, 0.6) is 0 Å². The zero-order valence-electron chi connectivity index (χ0n) is 29.4. The summed E-state index contributed by atoms with van der Waals surface area (Å²) >= 11 is 0. The minimum absolute atomic E-state index is 1.16. The van der Waals surface area contributed by atoms with Gasteiger partial charge in [-0.3, -0.25) is 0 Å². The average molecular weight is 685 g/mol. The largest absolute Gasteiger partial charge is 0.309 e. The van der Waals surface area contributed by atoms with Crippen LogP contribution >= 0.6 is 0 Å². The van der Waals surface area contributed by atoms with Crippen molar-refractivity contribution in [3.63, 3.8) is 0 Å². The molecule has 54 heavy (non-hydrogen) atoms. The van der Waals surface area contributed by atoms with Crippen LogP contribution in [0.2, 0.25) is 0 Å². The van der Waals surface area contributed by atoms with Crippen molar-refractivity contribution in [2.24, 2.45) is 0 Å². The van der Waals surface area contributed by atoms with Crippen molar-refractivity contribution in [2.75, 3.05) is 0 Å². The molecule has 0 unspecified atom stereocenters. The summed E-state index contributed by atoms with van der Waals surface area (Å²) in [6.45, 7) is 0. The normalized spacial score (nSPS) is 12.1. The summed E-state index contributed by atoms with van der Waals surface area (Å²) < 4.78 is 4.85. The van der Waals surface area contributed by atoms with E-state index in [-0.39, 0.29) is 0 Å². The molecule has 2 aromatic heterocycles. The first kappa shape index (κ1) is 29.4. The van der Waals surface area contributed by atoms with Crippen molar-refractivity contribution in [3.8, 4) is 33.6 Å². The first-order valence-electron chi connectivity index (χ1n) is 18.7. The fourth-order valence-electron chi connectivity index (χ4n) is 9.28. The molecule has 0 amide bonds. The Bertz CT molecular complexity index is 3410. The molecule has 0 saturated carbocycles. The van der Waals surface area contributed by atoms with Crippen LogP contribution in [0.4, 0.5) is 0 Å². The number of nitrogens with zero attached hydrogens (tertiary/aromatic N) is 2. The van der Waals surface area contributed by atoms with Crippen LogP contribution in [0.3, 0.4) is 0 Å². The Morgan fingerprint density at radius 3 is 1.37 bits per heavy atom. The summed E-state index contributed by atoms with van der Waals surface area (Å²) in [7, 11) is 0. The molecule has 0 spiro atoms. The van der Waals surface area contributed by atoms with Crippen molar-refractivity contribution in [3.05, 3.63) is 194 Å². The van der Waals surface area contributed by atoms with E-state index < -0.39 is 0 Å². The van der Waals surface area contributed by atoms with Gasteiger partial charge in [0.2, 0.25) is 0 Å². The van der Waals surface area contributed by atoms with E-state index in [1.54, 1.807) is 0 Å². The van der Waals surface area contributed by atoms with E-state index in [1.165, 1.54) is 98.2 Å². The summed E-state index contributed by atoms with van der Waals surface area (Å²) in [5, 5.41) is 12.8. The lowest BCUT2D eigenvalue weighted by Crippen LogP contribution is -1.95. The lowest BCUT2D eigenvalue weighted by atomic mass is 9.87. The van der Waals surface area contributed by atoms with E-state index >= 15 is 0 Å². The number of rotatable bonds is 4. The van der Waals surface area contributed by atoms with Gasteiger partial charge in [0.1, 0.15) is 0 Å². The van der Waals surface area contributed by atoms with E-state index in [0.717, 1.165) is 11.4 Å². The van der Waals surface area contributed by atoms with E-state index in [4.69, 9.17) is 0 Å². The van der Waals surface area contributed by atoms with Gasteiger partial charge in [0, 0.05) is 32.9 Å². The van der Waals surface area contributed by atoms with E-state index in [0.29, 0.717) is 0 Å². The maximum atomic E-state index is 2.44. The average Bonchev–Trinajstić information content (AvgIpc) is 3.74. The molecule has 0 atom stereocenters. The fraction of sp³-hybridized carbons (Fsp3) is 0. The second-order valence-electron chi connectivity index (χ2n) is 14.5. The molecule has 0 aliphatic rings. The number of para-hydroxylation sites is 3. The third-order valence-corrected chi connectivity index (χ3v) is 11.6. The molecule has 0 aliphatic heterocycles. The van der Waals surface area contributed by atoms with Gasteiger partial charge >= 0.3 is 0 Å². The van der Waals surface area contributed by atoms with Crippen LogP contribution in [0.15, 0.2) is 194 Å². The minimum atomic E-state index is 1.16. The molecule has 250 valence electrons. The molecule has 0 bridgehead atoms. The number of fused-ring (bicyclic) bond motifs is 6. The molecule has 2 heterocycles. The second kappa shape index (κ2) is 11.2. The van der Waals surface area contributed by atoms with Crippen molar-refractivity contribution in [1.29, 1.82) is 0 Å². The third kappa shape index (κ3) is 4.11. The maximum absolute atomic E-state index is 2.44. The van der Waals surface area contributed by atoms with Crippen molar-refractivity contribution >= 4 is 75.9 Å². The molecule has 2 heteroatoms. The van der Waals surface area contributed by atoms with Crippen molar-refractivity contribution in [1.82, 2.24) is 9.13 Å². The van der Waals surface area contributed by atoms with Gasteiger partial charge in [-0.1, -0.05) is 140 Å². The molecule has 0 saturated heterocycles. The van der Waals surface area contributed by atoms with Gasteiger partial charge in [-0.2, -0.15) is 0 Å². The zero-order valence-corrected chi connectivity index (χ0v) is 29.4. The summed E-state index contributed by atoms with van der Waals surface area (Å²) in [5.74, 6) is 0.